The third-order valence-electron chi connectivity index (χ3n) is 3.41. The predicted molar refractivity (Wildman–Crippen MR) is 65.8 cm³/mol. The molecule has 0 aromatic heterocycles. The van der Waals surface area contributed by atoms with Crippen molar-refractivity contribution in [3.63, 3.8) is 0 Å². The first kappa shape index (κ1) is 13.5. The molecule has 0 radical (unpaired) electrons. The summed E-state index contributed by atoms with van der Waals surface area (Å²) in [5.74, 6) is 0.116. The highest BCUT2D eigenvalue weighted by Gasteiger charge is 2.23. The second-order valence-electron chi connectivity index (χ2n) is 4.84. The Hall–Kier alpha value is -0.610. The third kappa shape index (κ3) is 4.10. The van der Waals surface area contributed by atoms with Gasteiger partial charge in [-0.2, -0.15) is 0 Å². The molecule has 0 bridgehead atoms. The van der Waals surface area contributed by atoms with Crippen LogP contribution >= 0.6 is 0 Å². The van der Waals surface area contributed by atoms with E-state index < -0.39 is 0 Å². The number of hydrogen-bond donors (Lipinski definition) is 3. The van der Waals surface area contributed by atoms with E-state index in [1.165, 1.54) is 0 Å². The highest BCUT2D eigenvalue weighted by molar-refractivity contribution is 5.79. The summed E-state index contributed by atoms with van der Waals surface area (Å²) in [6.45, 7) is 2.53. The number of hydrogen-bond acceptors (Lipinski definition) is 3. The molecule has 0 aromatic rings. The quantitative estimate of drug-likeness (QED) is 0.648. The Kier molecular flexibility index (Phi) is 5.77. The SMILES string of the molecule is CCCC(CN)C(=O)NC1CCC(N)CC1. The van der Waals surface area contributed by atoms with Crippen LogP contribution in [0.2, 0.25) is 0 Å². The van der Waals surface area contributed by atoms with Gasteiger partial charge in [-0.05, 0) is 32.1 Å². The van der Waals surface area contributed by atoms with Crippen molar-refractivity contribution in [2.24, 2.45) is 17.4 Å². The van der Waals surface area contributed by atoms with Crippen LogP contribution < -0.4 is 16.8 Å². The van der Waals surface area contributed by atoms with Crippen molar-refractivity contribution < 1.29 is 4.79 Å². The Morgan fingerprint density at radius 2 is 2.00 bits per heavy atom. The van der Waals surface area contributed by atoms with E-state index in [0.717, 1.165) is 38.5 Å². The van der Waals surface area contributed by atoms with Crippen LogP contribution in [-0.2, 0) is 4.79 Å². The van der Waals surface area contributed by atoms with Crippen LogP contribution in [0.15, 0.2) is 0 Å². The molecule has 0 heterocycles. The first-order valence-electron chi connectivity index (χ1n) is 6.43. The van der Waals surface area contributed by atoms with Gasteiger partial charge in [0.05, 0.1) is 5.92 Å². The lowest BCUT2D eigenvalue weighted by molar-refractivity contribution is -0.125. The largest absolute Gasteiger partial charge is 0.353 e. The number of amides is 1. The number of nitrogens with two attached hydrogens (primary N) is 2. The van der Waals surface area contributed by atoms with Crippen LogP contribution in [0.1, 0.15) is 45.4 Å². The molecule has 1 atom stereocenters. The van der Waals surface area contributed by atoms with Gasteiger partial charge >= 0.3 is 0 Å². The summed E-state index contributed by atoms with van der Waals surface area (Å²) < 4.78 is 0. The molecule has 1 aliphatic rings. The smallest absolute Gasteiger partial charge is 0.224 e. The van der Waals surface area contributed by atoms with E-state index in [-0.39, 0.29) is 11.8 Å². The topological polar surface area (TPSA) is 81.1 Å². The molecule has 0 spiro atoms. The zero-order valence-corrected chi connectivity index (χ0v) is 10.2. The predicted octanol–water partition coefficient (Wildman–Crippen LogP) is 0.748. The van der Waals surface area contributed by atoms with Gasteiger partial charge in [-0.3, -0.25) is 4.79 Å². The second kappa shape index (κ2) is 6.86. The highest BCUT2D eigenvalue weighted by atomic mass is 16.1. The number of nitrogens with one attached hydrogen (secondary N) is 1. The van der Waals surface area contributed by atoms with Gasteiger partial charge in [-0.15, -0.1) is 0 Å². The first-order chi connectivity index (χ1) is 7.67. The molecule has 1 amide bonds. The van der Waals surface area contributed by atoms with Gasteiger partial charge in [0.1, 0.15) is 0 Å². The van der Waals surface area contributed by atoms with Gasteiger partial charge in [-0.1, -0.05) is 13.3 Å². The number of carbonyl (C=O) groups excluding carboxylic acids is 1. The average molecular weight is 227 g/mol. The molecular weight excluding hydrogens is 202 g/mol. The lowest BCUT2D eigenvalue weighted by Gasteiger charge is -2.28. The molecule has 1 unspecified atom stereocenters. The molecule has 16 heavy (non-hydrogen) atoms. The normalized spacial score (nSPS) is 27.4. The Morgan fingerprint density at radius 3 is 2.50 bits per heavy atom. The van der Waals surface area contributed by atoms with Crippen molar-refractivity contribution >= 4 is 5.91 Å². The maximum atomic E-state index is 11.9. The van der Waals surface area contributed by atoms with Gasteiger partial charge in [0.2, 0.25) is 5.91 Å². The van der Waals surface area contributed by atoms with Crippen LogP contribution in [0, 0.1) is 5.92 Å². The van der Waals surface area contributed by atoms with E-state index in [9.17, 15) is 4.79 Å². The minimum absolute atomic E-state index is 0.0133. The van der Waals surface area contributed by atoms with Crippen LogP contribution in [-0.4, -0.2) is 24.5 Å². The molecular formula is C12H25N3O. The number of rotatable bonds is 5. The molecule has 94 valence electrons. The van der Waals surface area contributed by atoms with Crippen molar-refractivity contribution in [3.8, 4) is 0 Å². The van der Waals surface area contributed by atoms with E-state index in [1.807, 2.05) is 0 Å². The summed E-state index contributed by atoms with van der Waals surface area (Å²) in [6.07, 6.45) is 5.95. The van der Waals surface area contributed by atoms with Crippen molar-refractivity contribution in [1.82, 2.24) is 5.32 Å². The second-order valence-corrected chi connectivity index (χ2v) is 4.84. The minimum atomic E-state index is -0.0133. The zero-order chi connectivity index (χ0) is 12.0. The average Bonchev–Trinajstić information content (AvgIpc) is 2.29. The molecule has 1 aliphatic carbocycles. The first-order valence-corrected chi connectivity index (χ1v) is 6.43. The summed E-state index contributed by atoms with van der Waals surface area (Å²) in [4.78, 5) is 11.9. The van der Waals surface area contributed by atoms with Crippen LogP contribution in [0.5, 0.6) is 0 Å². The van der Waals surface area contributed by atoms with Crippen molar-refractivity contribution in [3.05, 3.63) is 0 Å². The van der Waals surface area contributed by atoms with Gasteiger partial charge < -0.3 is 16.8 Å². The van der Waals surface area contributed by atoms with E-state index in [1.54, 1.807) is 0 Å². The maximum Gasteiger partial charge on any atom is 0.224 e. The lowest BCUT2D eigenvalue weighted by Crippen LogP contribution is -2.44. The van der Waals surface area contributed by atoms with Gasteiger partial charge in [-0.25, -0.2) is 0 Å². The Labute approximate surface area is 98.1 Å². The number of carbonyl (C=O) groups is 1. The van der Waals surface area contributed by atoms with Crippen LogP contribution in [0.3, 0.4) is 0 Å². The fourth-order valence-corrected chi connectivity index (χ4v) is 2.29. The molecule has 0 saturated heterocycles. The molecule has 1 rings (SSSR count). The van der Waals surface area contributed by atoms with Gasteiger partial charge in [0.25, 0.3) is 0 Å². The Morgan fingerprint density at radius 1 is 1.38 bits per heavy atom. The fraction of sp³-hybridized carbons (Fsp3) is 0.917. The summed E-state index contributed by atoms with van der Waals surface area (Å²) in [6, 6.07) is 0.646. The molecule has 0 aliphatic heterocycles. The summed E-state index contributed by atoms with van der Waals surface area (Å²) in [5.41, 5.74) is 11.4. The molecule has 0 aromatic carbocycles. The summed E-state index contributed by atoms with van der Waals surface area (Å²) >= 11 is 0. The molecule has 4 nitrogen and oxygen atoms in total. The standard InChI is InChI=1S/C12H25N3O/c1-2-3-9(8-13)12(16)15-11-6-4-10(14)5-7-11/h9-11H,2-8,13-14H2,1H3,(H,15,16). The zero-order valence-electron chi connectivity index (χ0n) is 10.2. The monoisotopic (exact) mass is 227 g/mol. The van der Waals surface area contributed by atoms with E-state index in [0.29, 0.717) is 18.6 Å². The van der Waals surface area contributed by atoms with E-state index >= 15 is 0 Å². The third-order valence-corrected chi connectivity index (χ3v) is 3.41. The molecule has 5 N–H and O–H groups in total. The van der Waals surface area contributed by atoms with E-state index in [2.05, 4.69) is 12.2 Å². The van der Waals surface area contributed by atoms with Gasteiger partial charge in [0.15, 0.2) is 0 Å². The Balaban J connectivity index is 2.32. The fourth-order valence-electron chi connectivity index (χ4n) is 2.29. The van der Waals surface area contributed by atoms with Crippen LogP contribution in [0.4, 0.5) is 0 Å². The van der Waals surface area contributed by atoms with Gasteiger partial charge in [0, 0.05) is 18.6 Å². The van der Waals surface area contributed by atoms with E-state index in [4.69, 9.17) is 11.5 Å². The lowest BCUT2D eigenvalue weighted by atomic mass is 9.91. The Bertz CT molecular complexity index is 212. The molecule has 1 saturated carbocycles. The molecule has 4 heteroatoms. The summed E-state index contributed by atoms with van der Waals surface area (Å²) in [5, 5.41) is 3.10. The molecule has 1 fully saturated rings. The minimum Gasteiger partial charge on any atom is -0.353 e. The van der Waals surface area contributed by atoms with Crippen molar-refractivity contribution in [2.45, 2.75) is 57.5 Å². The maximum absolute atomic E-state index is 11.9. The summed E-state index contributed by atoms with van der Waals surface area (Å²) in [7, 11) is 0. The van der Waals surface area contributed by atoms with Crippen molar-refractivity contribution in [1.29, 1.82) is 0 Å². The highest BCUT2D eigenvalue weighted by Crippen LogP contribution is 2.17. The van der Waals surface area contributed by atoms with Crippen LogP contribution in [0.25, 0.3) is 0 Å². The van der Waals surface area contributed by atoms with Crippen molar-refractivity contribution in [2.75, 3.05) is 6.54 Å².